The highest BCUT2D eigenvalue weighted by Crippen LogP contribution is 2.38. The molecular weight excluding hydrogens is 196 g/mol. The quantitative estimate of drug-likeness (QED) is 0.776. The maximum Gasteiger partial charge on any atom is 0.0278 e. The molecule has 1 saturated carbocycles. The van der Waals surface area contributed by atoms with Crippen molar-refractivity contribution < 1.29 is 0 Å². The molecule has 0 radical (unpaired) electrons. The molecule has 0 aromatic heterocycles. The molecule has 0 aromatic rings. The van der Waals surface area contributed by atoms with E-state index in [0.29, 0.717) is 17.1 Å². The monoisotopic (exact) mass is 224 g/mol. The van der Waals surface area contributed by atoms with Crippen molar-refractivity contribution in [3.63, 3.8) is 0 Å². The van der Waals surface area contributed by atoms with Crippen LogP contribution in [0.4, 0.5) is 0 Å². The summed E-state index contributed by atoms with van der Waals surface area (Å²) in [6.07, 6.45) is 6.88. The Labute approximate surface area is 101 Å². The number of rotatable bonds is 2. The van der Waals surface area contributed by atoms with Crippen LogP contribution in [-0.4, -0.2) is 35.1 Å². The van der Waals surface area contributed by atoms with Crippen molar-refractivity contribution in [3.05, 3.63) is 0 Å². The van der Waals surface area contributed by atoms with Gasteiger partial charge in [0.15, 0.2) is 0 Å². The molecule has 1 heterocycles. The molecule has 2 rings (SSSR count). The van der Waals surface area contributed by atoms with Crippen molar-refractivity contribution in [2.24, 2.45) is 0 Å². The highest BCUT2D eigenvalue weighted by Gasteiger charge is 2.43. The summed E-state index contributed by atoms with van der Waals surface area (Å²) in [7, 11) is 0. The van der Waals surface area contributed by atoms with Crippen molar-refractivity contribution >= 4 is 0 Å². The first kappa shape index (κ1) is 12.4. The van der Waals surface area contributed by atoms with E-state index in [1.54, 1.807) is 0 Å². The van der Waals surface area contributed by atoms with Gasteiger partial charge in [-0.25, -0.2) is 0 Å². The summed E-state index contributed by atoms with van der Waals surface area (Å²) >= 11 is 0. The van der Waals surface area contributed by atoms with E-state index in [4.69, 9.17) is 0 Å². The minimum absolute atomic E-state index is 0.331. The van der Waals surface area contributed by atoms with Gasteiger partial charge in [-0.05, 0) is 40.0 Å². The van der Waals surface area contributed by atoms with Crippen LogP contribution in [0.1, 0.15) is 59.8 Å². The highest BCUT2D eigenvalue weighted by atomic mass is 15.3. The maximum atomic E-state index is 3.72. The summed E-state index contributed by atoms with van der Waals surface area (Å²) in [5.74, 6) is 0. The van der Waals surface area contributed by atoms with Gasteiger partial charge >= 0.3 is 0 Å². The third-order valence-electron chi connectivity index (χ3n) is 5.03. The molecule has 2 fully saturated rings. The van der Waals surface area contributed by atoms with Crippen molar-refractivity contribution in [3.8, 4) is 0 Å². The molecule has 2 unspecified atom stereocenters. The average molecular weight is 224 g/mol. The summed E-state index contributed by atoms with van der Waals surface area (Å²) in [5, 5.41) is 3.72. The zero-order valence-electron chi connectivity index (χ0n) is 11.5. The lowest BCUT2D eigenvalue weighted by molar-refractivity contribution is 0.00432. The molecule has 2 heteroatoms. The van der Waals surface area contributed by atoms with Gasteiger partial charge in [-0.2, -0.15) is 0 Å². The Hall–Kier alpha value is -0.0800. The van der Waals surface area contributed by atoms with Gasteiger partial charge in [-0.1, -0.05) is 19.8 Å². The van der Waals surface area contributed by atoms with Crippen LogP contribution in [0.5, 0.6) is 0 Å². The van der Waals surface area contributed by atoms with E-state index >= 15 is 0 Å². The Kier molecular flexibility index (Phi) is 3.33. The molecule has 0 aromatic carbocycles. The standard InChI is InChI=1S/C14H28N2/c1-5-13(3)11-16(12(2)10-15-13)14(4)8-6-7-9-14/h12,15H,5-11H2,1-4H3. The maximum absolute atomic E-state index is 3.72. The molecule has 2 aliphatic rings. The second kappa shape index (κ2) is 4.30. The van der Waals surface area contributed by atoms with Crippen LogP contribution < -0.4 is 5.32 Å². The Balaban J connectivity index is 2.12. The SMILES string of the molecule is CCC1(C)CN(C2(C)CCCC2)C(C)CN1. The fraction of sp³-hybridized carbons (Fsp3) is 1.00. The molecular formula is C14H28N2. The molecule has 0 amide bonds. The van der Waals surface area contributed by atoms with Crippen molar-refractivity contribution in [1.29, 1.82) is 0 Å². The van der Waals surface area contributed by atoms with E-state index < -0.39 is 0 Å². The fourth-order valence-electron chi connectivity index (χ4n) is 3.48. The molecule has 16 heavy (non-hydrogen) atoms. The third kappa shape index (κ3) is 2.14. The number of nitrogens with one attached hydrogen (secondary N) is 1. The summed E-state index contributed by atoms with van der Waals surface area (Å²) in [6.45, 7) is 11.9. The lowest BCUT2D eigenvalue weighted by atomic mass is 9.87. The minimum atomic E-state index is 0.331. The van der Waals surface area contributed by atoms with Crippen molar-refractivity contribution in [2.45, 2.75) is 76.9 Å². The van der Waals surface area contributed by atoms with Crippen LogP contribution in [0, 0.1) is 0 Å². The molecule has 0 bridgehead atoms. The molecule has 1 saturated heterocycles. The van der Waals surface area contributed by atoms with E-state index in [9.17, 15) is 0 Å². The normalized spacial score (nSPS) is 40.1. The second-order valence-electron chi connectivity index (χ2n) is 6.48. The Morgan fingerprint density at radius 1 is 1.25 bits per heavy atom. The zero-order chi connectivity index (χ0) is 11.8. The minimum Gasteiger partial charge on any atom is -0.309 e. The third-order valence-corrected chi connectivity index (χ3v) is 5.03. The lowest BCUT2D eigenvalue weighted by Gasteiger charge is -2.52. The lowest BCUT2D eigenvalue weighted by Crippen LogP contribution is -2.66. The highest BCUT2D eigenvalue weighted by molar-refractivity contribution is 5.01. The number of hydrogen-bond donors (Lipinski definition) is 1. The topological polar surface area (TPSA) is 15.3 Å². The Morgan fingerprint density at radius 3 is 2.44 bits per heavy atom. The van der Waals surface area contributed by atoms with E-state index in [1.807, 2.05) is 0 Å². The predicted molar refractivity (Wildman–Crippen MR) is 69.7 cm³/mol. The van der Waals surface area contributed by atoms with Gasteiger partial charge in [0, 0.05) is 30.2 Å². The zero-order valence-corrected chi connectivity index (χ0v) is 11.5. The Bertz CT molecular complexity index is 245. The number of piperazine rings is 1. The summed E-state index contributed by atoms with van der Waals surface area (Å²) in [5.41, 5.74) is 0.816. The second-order valence-corrected chi connectivity index (χ2v) is 6.48. The van der Waals surface area contributed by atoms with E-state index in [1.165, 1.54) is 38.6 Å². The van der Waals surface area contributed by atoms with Crippen molar-refractivity contribution in [2.75, 3.05) is 13.1 Å². The summed E-state index contributed by atoms with van der Waals surface area (Å²) < 4.78 is 0. The largest absolute Gasteiger partial charge is 0.309 e. The van der Waals surface area contributed by atoms with Gasteiger partial charge in [0.05, 0.1) is 0 Å². The van der Waals surface area contributed by atoms with Gasteiger partial charge in [-0.15, -0.1) is 0 Å². The summed E-state index contributed by atoms with van der Waals surface area (Å²) in [4.78, 5) is 2.79. The first-order valence-electron chi connectivity index (χ1n) is 7.01. The molecule has 2 nitrogen and oxygen atoms in total. The Morgan fingerprint density at radius 2 is 1.88 bits per heavy atom. The van der Waals surface area contributed by atoms with Gasteiger partial charge in [0.25, 0.3) is 0 Å². The van der Waals surface area contributed by atoms with E-state index in [0.717, 1.165) is 6.54 Å². The first-order chi connectivity index (χ1) is 7.49. The van der Waals surface area contributed by atoms with E-state index in [-0.39, 0.29) is 0 Å². The van der Waals surface area contributed by atoms with Gasteiger partial charge in [0.2, 0.25) is 0 Å². The van der Waals surface area contributed by atoms with Crippen LogP contribution >= 0.6 is 0 Å². The van der Waals surface area contributed by atoms with Gasteiger partial charge in [0.1, 0.15) is 0 Å². The molecule has 1 aliphatic heterocycles. The fourth-order valence-corrected chi connectivity index (χ4v) is 3.48. The predicted octanol–water partition coefficient (Wildman–Crippen LogP) is 2.78. The van der Waals surface area contributed by atoms with Crippen LogP contribution in [0.2, 0.25) is 0 Å². The van der Waals surface area contributed by atoms with Crippen molar-refractivity contribution in [1.82, 2.24) is 10.2 Å². The van der Waals surface area contributed by atoms with Crippen LogP contribution in [0.3, 0.4) is 0 Å². The van der Waals surface area contributed by atoms with Crippen LogP contribution in [0.25, 0.3) is 0 Å². The van der Waals surface area contributed by atoms with Gasteiger partial charge < -0.3 is 5.32 Å². The molecule has 94 valence electrons. The summed E-state index contributed by atoms with van der Waals surface area (Å²) in [6, 6.07) is 0.697. The van der Waals surface area contributed by atoms with Crippen LogP contribution in [0.15, 0.2) is 0 Å². The number of nitrogens with zero attached hydrogens (tertiary/aromatic N) is 1. The molecule has 2 atom stereocenters. The number of hydrogen-bond acceptors (Lipinski definition) is 2. The smallest absolute Gasteiger partial charge is 0.0278 e. The average Bonchev–Trinajstić information content (AvgIpc) is 2.70. The molecule has 1 aliphatic carbocycles. The van der Waals surface area contributed by atoms with Gasteiger partial charge in [-0.3, -0.25) is 4.90 Å². The first-order valence-corrected chi connectivity index (χ1v) is 7.01. The van der Waals surface area contributed by atoms with Crippen LogP contribution in [-0.2, 0) is 0 Å². The van der Waals surface area contributed by atoms with E-state index in [2.05, 4.69) is 37.9 Å². The molecule has 0 spiro atoms. The molecule has 1 N–H and O–H groups in total.